The second kappa shape index (κ2) is 4.16. The molecule has 0 fully saturated rings. The molecule has 0 N–H and O–H groups in total. The zero-order valence-electron chi connectivity index (χ0n) is 12.3. The molecule has 1 aliphatic rings. The molecule has 0 saturated heterocycles. The third-order valence-electron chi connectivity index (χ3n) is 3.41. The lowest BCUT2D eigenvalue weighted by Crippen LogP contribution is -2.26. The van der Waals surface area contributed by atoms with Crippen molar-refractivity contribution >= 4 is 17.1 Å². The number of aryl methyl sites for hydroxylation is 1. The number of nitrogens with zero attached hydrogens (tertiary/aromatic N) is 1. The minimum absolute atomic E-state index is 0.0346. The van der Waals surface area contributed by atoms with E-state index in [2.05, 4.69) is 20.8 Å². The maximum atomic E-state index is 12.5. The van der Waals surface area contributed by atoms with Crippen molar-refractivity contribution < 1.29 is 4.79 Å². The highest BCUT2D eigenvalue weighted by molar-refractivity contribution is 7.12. The van der Waals surface area contributed by atoms with Crippen molar-refractivity contribution in [1.29, 1.82) is 0 Å². The van der Waals surface area contributed by atoms with Crippen LogP contribution in [0.25, 0.3) is 0 Å². The standard InChI is InChI=1S/C15H23NOS/c1-14(2,3)12(17)9-7-8-10-11(9)16-13(18-10)15(4,5)6/h9H,7-8H2,1-6H3. The highest BCUT2D eigenvalue weighted by atomic mass is 32.1. The van der Waals surface area contributed by atoms with Crippen LogP contribution in [0.5, 0.6) is 0 Å². The molecule has 0 spiro atoms. The van der Waals surface area contributed by atoms with Crippen molar-refractivity contribution in [1.82, 2.24) is 4.98 Å². The van der Waals surface area contributed by atoms with E-state index in [0.717, 1.165) is 18.5 Å². The topological polar surface area (TPSA) is 30.0 Å². The molecule has 1 aromatic heterocycles. The first-order valence-electron chi connectivity index (χ1n) is 6.65. The molecule has 0 aromatic carbocycles. The lowest BCUT2D eigenvalue weighted by Gasteiger charge is -2.21. The number of Topliss-reactive ketones (excluding diaryl/α,β-unsaturated/α-hetero) is 1. The first-order chi connectivity index (χ1) is 8.10. The van der Waals surface area contributed by atoms with Crippen molar-refractivity contribution in [2.24, 2.45) is 5.41 Å². The second-order valence-corrected chi connectivity index (χ2v) is 8.37. The fraction of sp³-hybridized carbons (Fsp3) is 0.733. The molecule has 1 atom stereocenters. The predicted octanol–water partition coefficient (Wildman–Crippen LogP) is 4.09. The Morgan fingerprint density at radius 3 is 2.33 bits per heavy atom. The summed E-state index contributed by atoms with van der Waals surface area (Å²) in [7, 11) is 0. The molecular weight excluding hydrogens is 242 g/mol. The van der Waals surface area contributed by atoms with E-state index in [1.54, 1.807) is 11.3 Å². The minimum atomic E-state index is -0.266. The van der Waals surface area contributed by atoms with E-state index in [1.165, 1.54) is 9.88 Å². The fourth-order valence-electron chi connectivity index (χ4n) is 2.33. The Morgan fingerprint density at radius 1 is 1.22 bits per heavy atom. The Morgan fingerprint density at radius 2 is 1.83 bits per heavy atom. The number of aromatic nitrogens is 1. The molecule has 0 radical (unpaired) electrons. The summed E-state index contributed by atoms with van der Waals surface area (Å²) in [6, 6.07) is 0. The van der Waals surface area contributed by atoms with Gasteiger partial charge in [-0.25, -0.2) is 4.98 Å². The molecule has 0 aliphatic heterocycles. The number of hydrogen-bond donors (Lipinski definition) is 0. The van der Waals surface area contributed by atoms with Crippen LogP contribution in [0.4, 0.5) is 0 Å². The maximum Gasteiger partial charge on any atom is 0.147 e. The van der Waals surface area contributed by atoms with Crippen LogP contribution in [-0.4, -0.2) is 10.8 Å². The van der Waals surface area contributed by atoms with Gasteiger partial charge in [-0.3, -0.25) is 4.79 Å². The summed E-state index contributed by atoms with van der Waals surface area (Å²) >= 11 is 1.80. The van der Waals surface area contributed by atoms with Gasteiger partial charge in [0.2, 0.25) is 0 Å². The maximum absolute atomic E-state index is 12.5. The van der Waals surface area contributed by atoms with E-state index >= 15 is 0 Å². The van der Waals surface area contributed by atoms with Gasteiger partial charge >= 0.3 is 0 Å². The quantitative estimate of drug-likeness (QED) is 0.765. The summed E-state index contributed by atoms with van der Waals surface area (Å²) in [4.78, 5) is 18.6. The van der Waals surface area contributed by atoms with Gasteiger partial charge in [0.25, 0.3) is 0 Å². The van der Waals surface area contributed by atoms with Crippen LogP contribution in [0.2, 0.25) is 0 Å². The lowest BCUT2D eigenvalue weighted by atomic mass is 9.82. The Bertz CT molecular complexity index is 474. The van der Waals surface area contributed by atoms with Crippen LogP contribution >= 0.6 is 11.3 Å². The van der Waals surface area contributed by atoms with Crippen LogP contribution in [0.3, 0.4) is 0 Å². The van der Waals surface area contributed by atoms with Crippen LogP contribution in [0.15, 0.2) is 0 Å². The Labute approximate surface area is 114 Å². The molecule has 18 heavy (non-hydrogen) atoms. The monoisotopic (exact) mass is 265 g/mol. The molecule has 0 saturated carbocycles. The van der Waals surface area contributed by atoms with Gasteiger partial charge in [0.15, 0.2) is 0 Å². The molecule has 1 unspecified atom stereocenters. The highest BCUT2D eigenvalue weighted by Gasteiger charge is 2.38. The van der Waals surface area contributed by atoms with Crippen molar-refractivity contribution in [3.05, 3.63) is 15.6 Å². The highest BCUT2D eigenvalue weighted by Crippen LogP contribution is 2.42. The van der Waals surface area contributed by atoms with Gasteiger partial charge in [0.05, 0.1) is 16.6 Å². The van der Waals surface area contributed by atoms with Gasteiger partial charge < -0.3 is 0 Å². The second-order valence-electron chi connectivity index (χ2n) is 7.28. The number of hydrogen-bond acceptors (Lipinski definition) is 3. The summed E-state index contributed by atoms with van der Waals surface area (Å²) in [5.74, 6) is 0.374. The molecule has 0 amide bonds. The zero-order valence-corrected chi connectivity index (χ0v) is 13.1. The van der Waals surface area contributed by atoms with Crippen molar-refractivity contribution in [3.63, 3.8) is 0 Å². The van der Waals surface area contributed by atoms with Crippen LogP contribution in [0.1, 0.15) is 69.5 Å². The molecule has 1 heterocycles. The third-order valence-corrected chi connectivity index (χ3v) is 4.97. The number of ketones is 1. The summed E-state index contributed by atoms with van der Waals surface area (Å²) in [5, 5.41) is 1.17. The van der Waals surface area contributed by atoms with E-state index in [0.29, 0.717) is 5.78 Å². The number of fused-ring (bicyclic) bond motifs is 1. The Kier molecular flexibility index (Phi) is 3.17. The summed E-state index contributed by atoms with van der Waals surface area (Å²) < 4.78 is 0. The van der Waals surface area contributed by atoms with E-state index in [-0.39, 0.29) is 16.7 Å². The van der Waals surface area contributed by atoms with Crippen molar-refractivity contribution in [3.8, 4) is 0 Å². The van der Waals surface area contributed by atoms with Gasteiger partial charge in [-0.2, -0.15) is 0 Å². The van der Waals surface area contributed by atoms with Gasteiger partial charge in [0.1, 0.15) is 5.78 Å². The number of thiazole rings is 1. The van der Waals surface area contributed by atoms with Crippen LogP contribution < -0.4 is 0 Å². The van der Waals surface area contributed by atoms with Gasteiger partial charge in [-0.05, 0) is 12.8 Å². The van der Waals surface area contributed by atoms with Crippen molar-refractivity contribution in [2.45, 2.75) is 65.7 Å². The summed E-state index contributed by atoms with van der Waals surface area (Å²) in [6.45, 7) is 12.6. The molecule has 0 bridgehead atoms. The van der Waals surface area contributed by atoms with E-state index < -0.39 is 0 Å². The molecule has 2 nitrogen and oxygen atoms in total. The predicted molar refractivity (Wildman–Crippen MR) is 76.3 cm³/mol. The Hall–Kier alpha value is -0.700. The Balaban J connectivity index is 2.34. The number of carbonyl (C=O) groups is 1. The van der Waals surface area contributed by atoms with Crippen LogP contribution in [-0.2, 0) is 16.6 Å². The molecule has 2 rings (SSSR count). The summed E-state index contributed by atoms with van der Waals surface area (Å²) in [6.07, 6.45) is 1.98. The van der Waals surface area contributed by atoms with E-state index in [9.17, 15) is 4.79 Å². The lowest BCUT2D eigenvalue weighted by molar-refractivity contribution is -0.127. The third kappa shape index (κ3) is 2.37. The van der Waals surface area contributed by atoms with E-state index in [1.807, 2.05) is 20.8 Å². The van der Waals surface area contributed by atoms with Gasteiger partial charge in [0, 0.05) is 15.7 Å². The summed E-state index contributed by atoms with van der Waals surface area (Å²) in [5.41, 5.74) is 0.895. The van der Waals surface area contributed by atoms with Gasteiger partial charge in [-0.15, -0.1) is 11.3 Å². The largest absolute Gasteiger partial charge is 0.298 e. The van der Waals surface area contributed by atoms with Crippen LogP contribution in [0, 0.1) is 5.41 Å². The number of carbonyl (C=O) groups excluding carboxylic acids is 1. The molecule has 1 aliphatic carbocycles. The SMILES string of the molecule is CC(C)(C)C(=O)C1CCc2sc(C(C)(C)C)nc21. The smallest absolute Gasteiger partial charge is 0.147 e. The average Bonchev–Trinajstić information content (AvgIpc) is 2.71. The van der Waals surface area contributed by atoms with Gasteiger partial charge in [-0.1, -0.05) is 41.5 Å². The molecular formula is C15H23NOS. The normalized spacial score (nSPS) is 20.0. The van der Waals surface area contributed by atoms with E-state index in [4.69, 9.17) is 4.98 Å². The zero-order chi connectivity index (χ0) is 13.7. The van der Waals surface area contributed by atoms with Crippen molar-refractivity contribution in [2.75, 3.05) is 0 Å². The average molecular weight is 265 g/mol. The molecule has 1 aromatic rings. The molecule has 3 heteroatoms. The first-order valence-corrected chi connectivity index (χ1v) is 7.47. The fourth-order valence-corrected chi connectivity index (χ4v) is 3.52. The number of rotatable bonds is 1. The minimum Gasteiger partial charge on any atom is -0.298 e. The first kappa shape index (κ1) is 13.7. The molecule has 100 valence electrons.